The van der Waals surface area contributed by atoms with Crippen molar-refractivity contribution in [2.24, 2.45) is 11.8 Å². The van der Waals surface area contributed by atoms with E-state index in [1.807, 2.05) is 6.08 Å². The molecular formula is C12H15NO4. The van der Waals surface area contributed by atoms with Gasteiger partial charge in [-0.25, -0.2) is 0 Å². The molecule has 0 aromatic heterocycles. The molecule has 3 aliphatic heterocycles. The molecule has 0 aliphatic carbocycles. The number of amides is 1. The largest absolute Gasteiger partial charge is 0.481 e. The van der Waals surface area contributed by atoms with Crippen molar-refractivity contribution in [3.63, 3.8) is 0 Å². The summed E-state index contributed by atoms with van der Waals surface area (Å²) in [6.45, 7) is 1.51. The molecule has 1 amide bonds. The van der Waals surface area contributed by atoms with Gasteiger partial charge in [-0.15, -0.1) is 0 Å². The van der Waals surface area contributed by atoms with Crippen molar-refractivity contribution in [2.45, 2.75) is 25.0 Å². The van der Waals surface area contributed by atoms with Gasteiger partial charge in [-0.3, -0.25) is 9.59 Å². The first-order chi connectivity index (χ1) is 8.18. The molecule has 4 atom stereocenters. The third-order valence-corrected chi connectivity index (χ3v) is 3.89. The van der Waals surface area contributed by atoms with Crippen LogP contribution in [0.3, 0.4) is 0 Å². The molecule has 5 heteroatoms. The van der Waals surface area contributed by atoms with Gasteiger partial charge in [0.15, 0.2) is 0 Å². The van der Waals surface area contributed by atoms with E-state index < -0.39 is 23.9 Å². The predicted octanol–water partition coefficient (Wildman–Crippen LogP) is 0.263. The number of likely N-dealkylation sites (tertiary alicyclic amines) is 1. The van der Waals surface area contributed by atoms with Crippen LogP contribution in [0.5, 0.6) is 0 Å². The molecule has 0 unspecified atom stereocenters. The topological polar surface area (TPSA) is 66.8 Å². The summed E-state index contributed by atoms with van der Waals surface area (Å²) in [6, 6.07) is 0. The van der Waals surface area contributed by atoms with E-state index in [2.05, 4.69) is 0 Å². The SMILES string of the molecule is O=C(O)[C@@H]1[C@@H](C(=O)N2CCCC2)[C@H]2C=C[C@H]1O2. The summed E-state index contributed by atoms with van der Waals surface area (Å²) in [4.78, 5) is 25.3. The van der Waals surface area contributed by atoms with E-state index in [4.69, 9.17) is 4.74 Å². The molecule has 1 N–H and O–H groups in total. The molecule has 3 rings (SSSR count). The van der Waals surface area contributed by atoms with E-state index in [0.717, 1.165) is 25.9 Å². The lowest BCUT2D eigenvalue weighted by Gasteiger charge is -2.25. The average molecular weight is 237 g/mol. The Kier molecular flexibility index (Phi) is 2.43. The van der Waals surface area contributed by atoms with Crippen molar-refractivity contribution in [3.05, 3.63) is 12.2 Å². The molecule has 92 valence electrons. The summed E-state index contributed by atoms with van der Waals surface area (Å²) in [5.74, 6) is -2.22. The van der Waals surface area contributed by atoms with Gasteiger partial charge in [-0.05, 0) is 12.8 Å². The van der Waals surface area contributed by atoms with E-state index in [9.17, 15) is 14.7 Å². The molecule has 3 heterocycles. The number of fused-ring (bicyclic) bond motifs is 2. The molecular weight excluding hydrogens is 222 g/mol. The number of ether oxygens (including phenoxy) is 1. The number of hydrogen-bond acceptors (Lipinski definition) is 3. The van der Waals surface area contributed by atoms with Gasteiger partial charge in [0.2, 0.25) is 5.91 Å². The van der Waals surface area contributed by atoms with Gasteiger partial charge in [0.1, 0.15) is 5.92 Å². The predicted molar refractivity (Wildman–Crippen MR) is 58.2 cm³/mol. The lowest BCUT2D eigenvalue weighted by atomic mass is 9.82. The quantitative estimate of drug-likeness (QED) is 0.700. The highest BCUT2D eigenvalue weighted by Crippen LogP contribution is 2.40. The molecule has 0 aromatic carbocycles. The molecule has 0 spiro atoms. The Labute approximate surface area is 99.0 Å². The lowest BCUT2D eigenvalue weighted by molar-refractivity contribution is -0.149. The van der Waals surface area contributed by atoms with Gasteiger partial charge in [-0.1, -0.05) is 12.2 Å². The minimum atomic E-state index is -0.931. The summed E-state index contributed by atoms with van der Waals surface area (Å²) in [6.07, 6.45) is 4.85. The second-order valence-electron chi connectivity index (χ2n) is 4.87. The van der Waals surface area contributed by atoms with Crippen LogP contribution in [0.1, 0.15) is 12.8 Å². The standard InChI is InChI=1S/C12H15NO4/c14-11(13-5-1-2-6-13)9-7-3-4-8(17-7)10(9)12(15)16/h3-4,7-10H,1-2,5-6H2,(H,15,16)/t7-,8-,9+,10+/m1/s1. The van der Waals surface area contributed by atoms with Crippen LogP contribution in [-0.2, 0) is 14.3 Å². The molecule has 0 radical (unpaired) electrons. The summed E-state index contributed by atoms with van der Waals surface area (Å²) in [5, 5.41) is 9.21. The fourth-order valence-electron chi connectivity index (χ4n) is 3.05. The van der Waals surface area contributed by atoms with E-state index in [0.29, 0.717) is 0 Å². The zero-order valence-corrected chi connectivity index (χ0v) is 9.41. The smallest absolute Gasteiger partial charge is 0.310 e. The van der Waals surface area contributed by atoms with Crippen LogP contribution < -0.4 is 0 Å². The fourth-order valence-corrected chi connectivity index (χ4v) is 3.05. The molecule has 0 saturated carbocycles. The van der Waals surface area contributed by atoms with Crippen molar-refractivity contribution >= 4 is 11.9 Å². The van der Waals surface area contributed by atoms with Crippen molar-refractivity contribution < 1.29 is 19.4 Å². The fraction of sp³-hybridized carbons (Fsp3) is 0.667. The number of carbonyl (C=O) groups is 2. The number of rotatable bonds is 2. The molecule has 2 bridgehead atoms. The minimum absolute atomic E-state index is 0.0493. The lowest BCUT2D eigenvalue weighted by Crippen LogP contribution is -2.43. The van der Waals surface area contributed by atoms with Crippen LogP contribution in [0.15, 0.2) is 12.2 Å². The van der Waals surface area contributed by atoms with E-state index in [1.54, 1.807) is 11.0 Å². The molecule has 2 saturated heterocycles. The van der Waals surface area contributed by atoms with Crippen LogP contribution in [0, 0.1) is 11.8 Å². The van der Waals surface area contributed by atoms with Gasteiger partial charge < -0.3 is 14.7 Å². The molecule has 3 aliphatic rings. The Morgan fingerprint density at radius 2 is 1.71 bits per heavy atom. The number of carboxylic acids is 1. The maximum Gasteiger partial charge on any atom is 0.310 e. The summed E-state index contributed by atoms with van der Waals surface area (Å²) < 4.78 is 5.50. The molecule has 17 heavy (non-hydrogen) atoms. The normalized spacial score (nSPS) is 38.9. The monoisotopic (exact) mass is 237 g/mol. The van der Waals surface area contributed by atoms with Gasteiger partial charge in [0.05, 0.1) is 18.1 Å². The highest BCUT2D eigenvalue weighted by atomic mass is 16.5. The summed E-state index contributed by atoms with van der Waals surface area (Å²) >= 11 is 0. The van der Waals surface area contributed by atoms with Gasteiger partial charge >= 0.3 is 5.97 Å². The first-order valence-electron chi connectivity index (χ1n) is 6.04. The Bertz CT molecular complexity index is 386. The average Bonchev–Trinajstić information content (AvgIpc) is 3.02. The second-order valence-corrected chi connectivity index (χ2v) is 4.87. The van der Waals surface area contributed by atoms with Crippen molar-refractivity contribution in [1.29, 1.82) is 0 Å². The zero-order valence-electron chi connectivity index (χ0n) is 9.41. The maximum absolute atomic E-state index is 12.3. The van der Waals surface area contributed by atoms with Gasteiger partial charge in [0, 0.05) is 13.1 Å². The van der Waals surface area contributed by atoms with Gasteiger partial charge in [0.25, 0.3) is 0 Å². The van der Waals surface area contributed by atoms with E-state index >= 15 is 0 Å². The molecule has 0 aromatic rings. The number of hydrogen-bond donors (Lipinski definition) is 1. The number of aliphatic carboxylic acids is 1. The van der Waals surface area contributed by atoms with Crippen molar-refractivity contribution in [3.8, 4) is 0 Å². The van der Waals surface area contributed by atoms with Crippen molar-refractivity contribution in [2.75, 3.05) is 13.1 Å². The van der Waals surface area contributed by atoms with Crippen LogP contribution >= 0.6 is 0 Å². The Morgan fingerprint density at radius 1 is 1.12 bits per heavy atom. The Balaban J connectivity index is 1.83. The van der Waals surface area contributed by atoms with Crippen LogP contribution in [-0.4, -0.2) is 47.2 Å². The van der Waals surface area contributed by atoms with Crippen LogP contribution in [0.2, 0.25) is 0 Å². The number of nitrogens with zero attached hydrogens (tertiary/aromatic N) is 1. The second kappa shape index (κ2) is 3.84. The number of carboxylic acid groups (broad SMARTS) is 1. The van der Waals surface area contributed by atoms with E-state index in [1.165, 1.54) is 0 Å². The Hall–Kier alpha value is -1.36. The van der Waals surface area contributed by atoms with Crippen LogP contribution in [0.25, 0.3) is 0 Å². The Morgan fingerprint density at radius 3 is 2.29 bits per heavy atom. The van der Waals surface area contributed by atoms with E-state index in [-0.39, 0.29) is 12.0 Å². The first-order valence-corrected chi connectivity index (χ1v) is 6.04. The summed E-state index contributed by atoms with van der Waals surface area (Å²) in [7, 11) is 0. The third kappa shape index (κ3) is 1.57. The maximum atomic E-state index is 12.3. The minimum Gasteiger partial charge on any atom is -0.481 e. The van der Waals surface area contributed by atoms with Gasteiger partial charge in [-0.2, -0.15) is 0 Å². The third-order valence-electron chi connectivity index (χ3n) is 3.89. The van der Waals surface area contributed by atoms with Crippen LogP contribution in [0.4, 0.5) is 0 Å². The highest BCUT2D eigenvalue weighted by Gasteiger charge is 2.54. The zero-order chi connectivity index (χ0) is 12.0. The summed E-state index contributed by atoms with van der Waals surface area (Å²) in [5.41, 5.74) is 0. The molecule has 5 nitrogen and oxygen atoms in total. The highest BCUT2D eigenvalue weighted by molar-refractivity contribution is 5.87. The van der Waals surface area contributed by atoms with Crippen molar-refractivity contribution in [1.82, 2.24) is 4.90 Å². The number of carbonyl (C=O) groups excluding carboxylic acids is 1. The molecule has 2 fully saturated rings. The first kappa shape index (κ1) is 10.8.